The Bertz CT molecular complexity index is 593. The summed E-state index contributed by atoms with van der Waals surface area (Å²) in [5, 5.41) is 9.27. The molecule has 0 saturated heterocycles. The third-order valence-corrected chi connectivity index (χ3v) is 3.37. The second-order valence-electron chi connectivity index (χ2n) is 4.69. The normalized spacial score (nSPS) is 11.9. The van der Waals surface area contributed by atoms with E-state index in [9.17, 15) is 14.3 Å². The van der Waals surface area contributed by atoms with Crippen LogP contribution in [0.4, 0.5) is 4.39 Å². The molecule has 2 aromatic rings. The van der Waals surface area contributed by atoms with Crippen LogP contribution in [0.1, 0.15) is 28.9 Å². The number of phenolic OH excluding ortho intramolecular Hbond substituents is 1. The Morgan fingerprint density at radius 2 is 1.65 bits per heavy atom. The maximum atomic E-state index is 12.9. The van der Waals surface area contributed by atoms with Gasteiger partial charge in [-0.15, -0.1) is 0 Å². The minimum atomic E-state index is -0.365. The molecule has 0 radical (unpaired) electrons. The van der Waals surface area contributed by atoms with E-state index in [1.807, 2.05) is 6.92 Å². The molecule has 104 valence electrons. The van der Waals surface area contributed by atoms with Gasteiger partial charge in [-0.1, -0.05) is 12.1 Å². The van der Waals surface area contributed by atoms with Gasteiger partial charge in [0.05, 0.1) is 6.04 Å². The number of carbonyl (C=O) groups is 1. The summed E-state index contributed by atoms with van der Waals surface area (Å²) < 4.78 is 12.9. The summed E-state index contributed by atoms with van der Waals surface area (Å²) in [6, 6.07) is 12.1. The Kier molecular flexibility index (Phi) is 4.03. The Hall–Kier alpha value is -2.36. The van der Waals surface area contributed by atoms with E-state index < -0.39 is 0 Å². The summed E-state index contributed by atoms with van der Waals surface area (Å²) >= 11 is 0. The summed E-state index contributed by atoms with van der Waals surface area (Å²) in [5.41, 5.74) is 1.36. The molecule has 0 saturated carbocycles. The van der Waals surface area contributed by atoms with Crippen molar-refractivity contribution in [1.82, 2.24) is 4.90 Å². The highest BCUT2D eigenvalue weighted by molar-refractivity contribution is 5.94. The second kappa shape index (κ2) is 5.74. The molecule has 20 heavy (non-hydrogen) atoms. The molecule has 0 aliphatic heterocycles. The number of phenols is 1. The van der Waals surface area contributed by atoms with E-state index in [-0.39, 0.29) is 23.5 Å². The molecule has 3 nitrogen and oxygen atoms in total. The van der Waals surface area contributed by atoms with Gasteiger partial charge >= 0.3 is 0 Å². The predicted molar refractivity (Wildman–Crippen MR) is 75.0 cm³/mol. The van der Waals surface area contributed by atoms with Gasteiger partial charge in [-0.25, -0.2) is 4.39 Å². The van der Waals surface area contributed by atoms with Gasteiger partial charge in [0.25, 0.3) is 5.91 Å². The van der Waals surface area contributed by atoms with E-state index in [0.29, 0.717) is 5.56 Å². The zero-order valence-electron chi connectivity index (χ0n) is 11.4. The van der Waals surface area contributed by atoms with Crippen molar-refractivity contribution < 1.29 is 14.3 Å². The molecular formula is C16H16FNO2. The zero-order valence-corrected chi connectivity index (χ0v) is 11.4. The SMILES string of the molecule is CC(c1ccc(O)cc1)N(C)C(=O)c1ccc(F)cc1. The van der Waals surface area contributed by atoms with E-state index in [2.05, 4.69) is 0 Å². The topological polar surface area (TPSA) is 40.5 Å². The van der Waals surface area contributed by atoms with Gasteiger partial charge in [-0.3, -0.25) is 4.79 Å². The van der Waals surface area contributed by atoms with Crippen molar-refractivity contribution in [2.75, 3.05) is 7.05 Å². The Morgan fingerprint density at radius 3 is 2.20 bits per heavy atom. The number of rotatable bonds is 3. The number of carbonyl (C=O) groups excluding carboxylic acids is 1. The summed E-state index contributed by atoms with van der Waals surface area (Å²) in [6.07, 6.45) is 0. The van der Waals surface area contributed by atoms with Crippen molar-refractivity contribution >= 4 is 5.91 Å². The number of nitrogens with zero attached hydrogens (tertiary/aromatic N) is 1. The number of hydrogen-bond acceptors (Lipinski definition) is 2. The summed E-state index contributed by atoms with van der Waals surface area (Å²) in [4.78, 5) is 13.9. The average molecular weight is 273 g/mol. The van der Waals surface area contributed by atoms with E-state index in [0.717, 1.165) is 5.56 Å². The van der Waals surface area contributed by atoms with Crippen LogP contribution in [0, 0.1) is 5.82 Å². The van der Waals surface area contributed by atoms with Crippen LogP contribution in [0.3, 0.4) is 0 Å². The second-order valence-corrected chi connectivity index (χ2v) is 4.69. The van der Waals surface area contributed by atoms with Crippen molar-refractivity contribution in [3.63, 3.8) is 0 Å². The first kappa shape index (κ1) is 14.1. The molecule has 0 aromatic heterocycles. The van der Waals surface area contributed by atoms with Crippen LogP contribution in [0.5, 0.6) is 5.75 Å². The van der Waals surface area contributed by atoms with Crippen molar-refractivity contribution in [3.05, 3.63) is 65.5 Å². The van der Waals surface area contributed by atoms with E-state index in [1.54, 1.807) is 36.2 Å². The molecule has 0 heterocycles. The summed E-state index contributed by atoms with van der Waals surface area (Å²) in [7, 11) is 1.70. The average Bonchev–Trinajstić information content (AvgIpc) is 2.46. The lowest BCUT2D eigenvalue weighted by atomic mass is 10.1. The Labute approximate surface area is 117 Å². The monoisotopic (exact) mass is 273 g/mol. The van der Waals surface area contributed by atoms with Crippen LogP contribution in [0.15, 0.2) is 48.5 Å². The molecule has 0 aliphatic rings. The minimum Gasteiger partial charge on any atom is -0.508 e. The molecule has 4 heteroatoms. The number of benzene rings is 2. The first-order chi connectivity index (χ1) is 9.49. The fourth-order valence-corrected chi connectivity index (χ4v) is 1.95. The van der Waals surface area contributed by atoms with Crippen LogP contribution in [0.2, 0.25) is 0 Å². The van der Waals surface area contributed by atoms with E-state index in [1.165, 1.54) is 24.3 Å². The minimum absolute atomic E-state index is 0.145. The molecule has 1 amide bonds. The molecule has 0 spiro atoms. The van der Waals surface area contributed by atoms with Crippen LogP contribution < -0.4 is 0 Å². The molecule has 1 atom stereocenters. The lowest BCUT2D eigenvalue weighted by Gasteiger charge is -2.25. The van der Waals surface area contributed by atoms with Crippen molar-refractivity contribution in [2.45, 2.75) is 13.0 Å². The number of hydrogen-bond donors (Lipinski definition) is 1. The summed E-state index contributed by atoms with van der Waals surface area (Å²) in [6.45, 7) is 1.90. The number of aromatic hydroxyl groups is 1. The largest absolute Gasteiger partial charge is 0.508 e. The zero-order chi connectivity index (χ0) is 14.7. The van der Waals surface area contributed by atoms with E-state index >= 15 is 0 Å². The molecule has 0 bridgehead atoms. The van der Waals surface area contributed by atoms with Gasteiger partial charge in [0.15, 0.2) is 0 Å². The third-order valence-electron chi connectivity index (χ3n) is 3.37. The standard InChI is InChI=1S/C16H16FNO2/c1-11(12-5-9-15(19)10-6-12)18(2)16(20)13-3-7-14(17)8-4-13/h3-11,19H,1-2H3. The Balaban J connectivity index is 2.17. The third kappa shape index (κ3) is 2.96. The molecule has 2 aromatic carbocycles. The van der Waals surface area contributed by atoms with Crippen molar-refractivity contribution in [3.8, 4) is 5.75 Å². The van der Waals surface area contributed by atoms with Crippen LogP contribution in [0.25, 0.3) is 0 Å². The maximum Gasteiger partial charge on any atom is 0.254 e. The van der Waals surface area contributed by atoms with Gasteiger partial charge in [0.1, 0.15) is 11.6 Å². The molecule has 1 N–H and O–H groups in total. The predicted octanol–water partition coefficient (Wildman–Crippen LogP) is 3.36. The maximum absolute atomic E-state index is 12.9. The fourth-order valence-electron chi connectivity index (χ4n) is 1.95. The van der Waals surface area contributed by atoms with Crippen molar-refractivity contribution in [2.24, 2.45) is 0 Å². The highest BCUT2D eigenvalue weighted by Crippen LogP contribution is 2.22. The van der Waals surface area contributed by atoms with E-state index in [4.69, 9.17) is 0 Å². The fraction of sp³-hybridized carbons (Fsp3) is 0.188. The number of amides is 1. The summed E-state index contributed by atoms with van der Waals surface area (Å²) in [5.74, 6) is -0.352. The quantitative estimate of drug-likeness (QED) is 0.931. The molecule has 0 aliphatic carbocycles. The molecule has 1 unspecified atom stereocenters. The van der Waals surface area contributed by atoms with Gasteiger partial charge in [0.2, 0.25) is 0 Å². The van der Waals surface area contributed by atoms with Gasteiger partial charge < -0.3 is 10.0 Å². The van der Waals surface area contributed by atoms with Crippen LogP contribution in [-0.2, 0) is 0 Å². The first-order valence-electron chi connectivity index (χ1n) is 6.30. The number of halogens is 1. The van der Waals surface area contributed by atoms with Gasteiger partial charge in [0, 0.05) is 12.6 Å². The van der Waals surface area contributed by atoms with Gasteiger partial charge in [-0.2, -0.15) is 0 Å². The van der Waals surface area contributed by atoms with Crippen LogP contribution in [-0.4, -0.2) is 23.0 Å². The lowest BCUT2D eigenvalue weighted by molar-refractivity contribution is 0.0742. The lowest BCUT2D eigenvalue weighted by Crippen LogP contribution is -2.29. The van der Waals surface area contributed by atoms with Crippen molar-refractivity contribution in [1.29, 1.82) is 0 Å². The highest BCUT2D eigenvalue weighted by atomic mass is 19.1. The molecular weight excluding hydrogens is 257 g/mol. The first-order valence-corrected chi connectivity index (χ1v) is 6.30. The molecule has 0 fully saturated rings. The Morgan fingerprint density at radius 1 is 1.10 bits per heavy atom. The van der Waals surface area contributed by atoms with Crippen LogP contribution >= 0.6 is 0 Å². The molecule has 2 rings (SSSR count). The smallest absolute Gasteiger partial charge is 0.254 e. The van der Waals surface area contributed by atoms with Gasteiger partial charge in [-0.05, 0) is 48.9 Å². The highest BCUT2D eigenvalue weighted by Gasteiger charge is 2.18.